The molecule has 2 nitrogen and oxygen atoms in total. The first-order valence-electron chi connectivity index (χ1n) is 5.89. The average molecular weight is 234 g/mol. The SMILES string of the molecule is CCNC(=S)N1c2ccccc2CC[C@H]1C. The third kappa shape index (κ3) is 2.05. The van der Waals surface area contributed by atoms with E-state index in [0.29, 0.717) is 6.04 Å². The van der Waals surface area contributed by atoms with Gasteiger partial charge in [0, 0.05) is 18.3 Å². The normalized spacial score (nSPS) is 19.1. The van der Waals surface area contributed by atoms with Gasteiger partial charge in [-0.25, -0.2) is 0 Å². The molecule has 0 radical (unpaired) electrons. The second-order valence-electron chi connectivity index (χ2n) is 4.22. The molecule has 0 aromatic heterocycles. The van der Waals surface area contributed by atoms with Crippen LogP contribution in [0.1, 0.15) is 25.8 Å². The Morgan fingerprint density at radius 3 is 3.00 bits per heavy atom. The highest BCUT2D eigenvalue weighted by molar-refractivity contribution is 7.80. The fraction of sp³-hybridized carbons (Fsp3) is 0.462. The Hall–Kier alpha value is -1.09. The lowest BCUT2D eigenvalue weighted by Crippen LogP contribution is -2.47. The van der Waals surface area contributed by atoms with Crippen molar-refractivity contribution < 1.29 is 0 Å². The van der Waals surface area contributed by atoms with Crippen molar-refractivity contribution in [1.82, 2.24) is 5.32 Å². The van der Waals surface area contributed by atoms with Gasteiger partial charge in [-0.05, 0) is 50.5 Å². The number of nitrogens with zero attached hydrogens (tertiary/aromatic N) is 1. The largest absolute Gasteiger partial charge is 0.363 e. The van der Waals surface area contributed by atoms with Crippen LogP contribution in [0.25, 0.3) is 0 Å². The number of para-hydroxylation sites is 1. The zero-order valence-electron chi connectivity index (χ0n) is 9.86. The molecular weight excluding hydrogens is 216 g/mol. The van der Waals surface area contributed by atoms with E-state index in [1.165, 1.54) is 17.7 Å². The van der Waals surface area contributed by atoms with Crippen molar-refractivity contribution in [3.63, 3.8) is 0 Å². The lowest BCUT2D eigenvalue weighted by atomic mass is 9.97. The number of anilines is 1. The van der Waals surface area contributed by atoms with Crippen LogP contribution in [0.4, 0.5) is 5.69 Å². The summed E-state index contributed by atoms with van der Waals surface area (Å²) in [5, 5.41) is 4.09. The molecule has 16 heavy (non-hydrogen) atoms. The van der Waals surface area contributed by atoms with Crippen LogP contribution in [0.15, 0.2) is 24.3 Å². The Morgan fingerprint density at radius 2 is 2.25 bits per heavy atom. The molecule has 0 saturated carbocycles. The Balaban J connectivity index is 2.33. The maximum absolute atomic E-state index is 5.44. The van der Waals surface area contributed by atoms with Gasteiger partial charge < -0.3 is 10.2 Å². The number of benzene rings is 1. The average Bonchev–Trinajstić information content (AvgIpc) is 2.29. The summed E-state index contributed by atoms with van der Waals surface area (Å²) in [7, 11) is 0. The molecule has 0 spiro atoms. The topological polar surface area (TPSA) is 15.3 Å². The molecule has 0 fully saturated rings. The van der Waals surface area contributed by atoms with Gasteiger partial charge in [0.2, 0.25) is 0 Å². The third-order valence-electron chi connectivity index (χ3n) is 3.07. The van der Waals surface area contributed by atoms with E-state index in [-0.39, 0.29) is 0 Å². The Bertz CT molecular complexity index is 389. The number of fused-ring (bicyclic) bond motifs is 1. The summed E-state index contributed by atoms with van der Waals surface area (Å²) < 4.78 is 0. The first kappa shape index (κ1) is 11.4. The van der Waals surface area contributed by atoms with Gasteiger partial charge in [0.05, 0.1) is 0 Å². The summed E-state index contributed by atoms with van der Waals surface area (Å²) in [5.41, 5.74) is 2.67. The number of hydrogen-bond donors (Lipinski definition) is 1. The number of thiocarbonyl (C=S) groups is 1. The van der Waals surface area contributed by atoms with Crippen molar-refractivity contribution >= 4 is 23.0 Å². The molecule has 0 bridgehead atoms. The first-order valence-corrected chi connectivity index (χ1v) is 6.29. The molecule has 1 N–H and O–H groups in total. The van der Waals surface area contributed by atoms with Crippen LogP contribution in [0, 0.1) is 0 Å². The van der Waals surface area contributed by atoms with Gasteiger partial charge >= 0.3 is 0 Å². The van der Waals surface area contributed by atoms with Gasteiger partial charge in [-0.3, -0.25) is 0 Å². The predicted molar refractivity (Wildman–Crippen MR) is 73.0 cm³/mol. The van der Waals surface area contributed by atoms with Crippen molar-refractivity contribution in [1.29, 1.82) is 0 Å². The van der Waals surface area contributed by atoms with Crippen LogP contribution in [0.2, 0.25) is 0 Å². The zero-order chi connectivity index (χ0) is 11.5. The van der Waals surface area contributed by atoms with Crippen molar-refractivity contribution in [2.75, 3.05) is 11.4 Å². The summed E-state index contributed by atoms with van der Waals surface area (Å²) >= 11 is 5.44. The maximum Gasteiger partial charge on any atom is 0.173 e. The molecule has 2 rings (SSSR count). The van der Waals surface area contributed by atoms with Gasteiger partial charge in [0.15, 0.2) is 5.11 Å². The minimum Gasteiger partial charge on any atom is -0.363 e. The molecule has 1 aromatic carbocycles. The predicted octanol–water partition coefficient (Wildman–Crippen LogP) is 2.72. The van der Waals surface area contributed by atoms with Crippen LogP contribution < -0.4 is 10.2 Å². The molecule has 1 aliphatic heterocycles. The molecule has 86 valence electrons. The van der Waals surface area contributed by atoms with Crippen LogP contribution in [0.5, 0.6) is 0 Å². The first-order chi connectivity index (χ1) is 7.74. The van der Waals surface area contributed by atoms with E-state index in [1.54, 1.807) is 0 Å². The molecule has 0 unspecified atom stereocenters. The molecule has 1 aliphatic rings. The van der Waals surface area contributed by atoms with Gasteiger partial charge in [-0.2, -0.15) is 0 Å². The van der Waals surface area contributed by atoms with Crippen molar-refractivity contribution in [3.05, 3.63) is 29.8 Å². The quantitative estimate of drug-likeness (QED) is 0.752. The zero-order valence-corrected chi connectivity index (χ0v) is 10.7. The summed E-state index contributed by atoms with van der Waals surface area (Å²) in [6.07, 6.45) is 2.32. The van der Waals surface area contributed by atoms with Gasteiger partial charge in [-0.15, -0.1) is 0 Å². The summed E-state index contributed by atoms with van der Waals surface area (Å²) in [5.74, 6) is 0. The van der Waals surface area contributed by atoms with Gasteiger partial charge in [0.25, 0.3) is 0 Å². The minimum absolute atomic E-state index is 0.487. The highest BCUT2D eigenvalue weighted by Crippen LogP contribution is 2.30. The second-order valence-corrected chi connectivity index (χ2v) is 4.61. The van der Waals surface area contributed by atoms with E-state index in [0.717, 1.165) is 18.1 Å². The smallest absolute Gasteiger partial charge is 0.173 e. The molecule has 1 heterocycles. The van der Waals surface area contributed by atoms with Crippen LogP contribution in [-0.2, 0) is 6.42 Å². The van der Waals surface area contributed by atoms with Gasteiger partial charge in [-0.1, -0.05) is 18.2 Å². The van der Waals surface area contributed by atoms with Crippen LogP contribution in [-0.4, -0.2) is 17.7 Å². The van der Waals surface area contributed by atoms with E-state index >= 15 is 0 Å². The Labute approximate surface area is 103 Å². The number of rotatable bonds is 1. The molecule has 0 aliphatic carbocycles. The summed E-state index contributed by atoms with van der Waals surface area (Å²) in [6, 6.07) is 9.03. The molecule has 3 heteroatoms. The summed E-state index contributed by atoms with van der Waals surface area (Å²) in [4.78, 5) is 2.25. The third-order valence-corrected chi connectivity index (χ3v) is 3.41. The van der Waals surface area contributed by atoms with E-state index in [2.05, 4.69) is 48.3 Å². The van der Waals surface area contributed by atoms with Gasteiger partial charge in [0.1, 0.15) is 0 Å². The van der Waals surface area contributed by atoms with Crippen molar-refractivity contribution in [3.8, 4) is 0 Å². The maximum atomic E-state index is 5.44. The fourth-order valence-corrected chi connectivity index (χ4v) is 2.66. The molecule has 1 atom stereocenters. The standard InChI is InChI=1S/C13H18N2S/c1-3-14-13(16)15-10(2)8-9-11-6-4-5-7-12(11)15/h4-7,10H,3,8-9H2,1-2H3,(H,14,16)/t10-/m1/s1. The van der Waals surface area contributed by atoms with Crippen molar-refractivity contribution in [2.24, 2.45) is 0 Å². The van der Waals surface area contributed by atoms with E-state index < -0.39 is 0 Å². The van der Waals surface area contributed by atoms with E-state index in [9.17, 15) is 0 Å². The number of aryl methyl sites for hydroxylation is 1. The highest BCUT2D eigenvalue weighted by Gasteiger charge is 2.25. The molecule has 0 saturated heterocycles. The van der Waals surface area contributed by atoms with Crippen LogP contribution in [0.3, 0.4) is 0 Å². The highest BCUT2D eigenvalue weighted by atomic mass is 32.1. The second kappa shape index (κ2) is 4.83. The lowest BCUT2D eigenvalue weighted by Gasteiger charge is -2.37. The minimum atomic E-state index is 0.487. The van der Waals surface area contributed by atoms with E-state index in [1.807, 2.05) is 0 Å². The summed E-state index contributed by atoms with van der Waals surface area (Å²) in [6.45, 7) is 5.19. The molecule has 1 aromatic rings. The molecular formula is C13H18N2S. The lowest BCUT2D eigenvalue weighted by molar-refractivity contribution is 0.623. The Morgan fingerprint density at radius 1 is 1.50 bits per heavy atom. The molecule has 0 amide bonds. The van der Waals surface area contributed by atoms with Crippen molar-refractivity contribution in [2.45, 2.75) is 32.7 Å². The Kier molecular flexibility index (Phi) is 3.44. The monoisotopic (exact) mass is 234 g/mol. The van der Waals surface area contributed by atoms with Crippen LogP contribution >= 0.6 is 12.2 Å². The number of hydrogen-bond acceptors (Lipinski definition) is 1. The number of nitrogens with one attached hydrogen (secondary N) is 1. The fourth-order valence-electron chi connectivity index (χ4n) is 2.23. The van der Waals surface area contributed by atoms with E-state index in [4.69, 9.17) is 12.2 Å².